The van der Waals surface area contributed by atoms with E-state index in [4.69, 9.17) is 9.16 Å². The van der Waals surface area contributed by atoms with Crippen molar-refractivity contribution in [3.05, 3.63) is 0 Å². The van der Waals surface area contributed by atoms with Crippen molar-refractivity contribution in [3.8, 4) is 0 Å². The second-order valence-corrected chi connectivity index (χ2v) is 11.3. The minimum absolute atomic E-state index is 0.0219. The highest BCUT2D eigenvalue weighted by molar-refractivity contribution is 6.74. The largest absolute Gasteiger partial charge is 0.461 e. The van der Waals surface area contributed by atoms with Gasteiger partial charge in [-0.2, -0.15) is 0 Å². The van der Waals surface area contributed by atoms with E-state index < -0.39 is 8.32 Å². The molecule has 0 aromatic rings. The summed E-state index contributed by atoms with van der Waals surface area (Å²) in [6, 6.07) is 0. The maximum atomic E-state index is 11.2. The molecule has 0 spiro atoms. The topological polar surface area (TPSA) is 35.5 Å². The fraction of sp³-hybridized carbons (Fsp3) is 0.917. The Bertz CT molecular complexity index is 306. The average Bonchev–Trinajstić information content (AvgIpc) is 2.40. The van der Waals surface area contributed by atoms with Crippen molar-refractivity contribution in [2.45, 2.75) is 64.0 Å². The Morgan fingerprint density at radius 1 is 1.31 bits per heavy atom. The Labute approximate surface area is 98.6 Å². The van der Waals surface area contributed by atoms with Crippen molar-refractivity contribution in [1.29, 1.82) is 0 Å². The molecule has 0 aromatic heterocycles. The molecule has 0 bridgehead atoms. The van der Waals surface area contributed by atoms with Gasteiger partial charge in [0, 0.05) is 12.5 Å². The van der Waals surface area contributed by atoms with Gasteiger partial charge < -0.3 is 9.16 Å². The van der Waals surface area contributed by atoms with Crippen LogP contribution in [-0.4, -0.2) is 26.5 Å². The predicted octanol–water partition coefficient (Wildman–Crippen LogP) is 2.71. The number of rotatable bonds is 2. The molecule has 92 valence electrons. The van der Waals surface area contributed by atoms with E-state index in [1.54, 1.807) is 0 Å². The second-order valence-electron chi connectivity index (χ2n) is 6.55. The molecule has 16 heavy (non-hydrogen) atoms. The zero-order valence-corrected chi connectivity index (χ0v) is 11.9. The molecular formula is C12H22O3Si. The van der Waals surface area contributed by atoms with Gasteiger partial charge in [0.15, 0.2) is 8.32 Å². The average molecular weight is 242 g/mol. The van der Waals surface area contributed by atoms with Crippen LogP contribution in [0.1, 0.15) is 33.6 Å². The fourth-order valence-corrected chi connectivity index (χ4v) is 3.57. The minimum Gasteiger partial charge on any atom is -0.461 e. The normalized spacial score (nSPS) is 34.3. The molecule has 1 heterocycles. The number of fused-ring (bicyclic) bond motifs is 1. The maximum absolute atomic E-state index is 11.2. The molecule has 0 radical (unpaired) electrons. The van der Waals surface area contributed by atoms with Crippen LogP contribution in [0.15, 0.2) is 0 Å². The monoisotopic (exact) mass is 242 g/mol. The van der Waals surface area contributed by atoms with Crippen molar-refractivity contribution >= 4 is 14.3 Å². The number of hydrogen-bond donors (Lipinski definition) is 0. The Kier molecular flexibility index (Phi) is 2.70. The van der Waals surface area contributed by atoms with E-state index >= 15 is 0 Å². The lowest BCUT2D eigenvalue weighted by Gasteiger charge is -2.38. The van der Waals surface area contributed by atoms with E-state index in [-0.39, 0.29) is 29.1 Å². The van der Waals surface area contributed by atoms with Gasteiger partial charge in [-0.3, -0.25) is 4.79 Å². The Hall–Kier alpha value is -0.353. The molecule has 2 rings (SSSR count). The quantitative estimate of drug-likeness (QED) is 0.552. The highest BCUT2D eigenvalue weighted by Gasteiger charge is 2.52. The van der Waals surface area contributed by atoms with Gasteiger partial charge in [-0.05, 0) is 24.6 Å². The van der Waals surface area contributed by atoms with Crippen LogP contribution in [0.3, 0.4) is 0 Å². The summed E-state index contributed by atoms with van der Waals surface area (Å²) in [4.78, 5) is 11.2. The zero-order valence-electron chi connectivity index (χ0n) is 10.9. The van der Waals surface area contributed by atoms with E-state index in [1.807, 2.05) is 0 Å². The number of hydrogen-bond acceptors (Lipinski definition) is 3. The van der Waals surface area contributed by atoms with Crippen LogP contribution >= 0.6 is 0 Å². The van der Waals surface area contributed by atoms with Gasteiger partial charge in [-0.25, -0.2) is 0 Å². The highest BCUT2D eigenvalue weighted by Crippen LogP contribution is 2.43. The van der Waals surface area contributed by atoms with Crippen molar-refractivity contribution in [3.63, 3.8) is 0 Å². The van der Waals surface area contributed by atoms with Gasteiger partial charge in [-0.15, -0.1) is 0 Å². The first kappa shape index (κ1) is 12.1. The molecule has 0 unspecified atom stereocenters. The summed E-state index contributed by atoms with van der Waals surface area (Å²) in [6.07, 6.45) is 2.17. The van der Waals surface area contributed by atoms with Gasteiger partial charge in [0.1, 0.15) is 6.10 Å². The van der Waals surface area contributed by atoms with Crippen LogP contribution in [0.2, 0.25) is 18.1 Å². The molecule has 1 saturated heterocycles. The molecule has 0 amide bonds. The number of ether oxygens (including phenoxy) is 1. The van der Waals surface area contributed by atoms with Crippen LogP contribution in [0.5, 0.6) is 0 Å². The zero-order chi connectivity index (χ0) is 12.1. The lowest BCUT2D eigenvalue weighted by atomic mass is 10.0. The Balaban J connectivity index is 1.94. The maximum Gasteiger partial charge on any atom is 0.313 e. The van der Waals surface area contributed by atoms with E-state index in [1.165, 1.54) is 0 Å². The molecule has 1 aliphatic carbocycles. The number of esters is 1. The first-order valence-electron chi connectivity index (χ1n) is 6.09. The highest BCUT2D eigenvalue weighted by atomic mass is 28.4. The summed E-state index contributed by atoms with van der Waals surface area (Å²) in [5.41, 5.74) is 0. The molecule has 1 aliphatic heterocycles. The summed E-state index contributed by atoms with van der Waals surface area (Å²) in [5, 5.41) is 0.236. The summed E-state index contributed by atoms with van der Waals surface area (Å²) < 4.78 is 11.4. The van der Waals surface area contributed by atoms with E-state index in [9.17, 15) is 4.79 Å². The molecule has 0 N–H and O–H groups in total. The second kappa shape index (κ2) is 3.57. The van der Waals surface area contributed by atoms with Crippen molar-refractivity contribution < 1.29 is 14.0 Å². The smallest absolute Gasteiger partial charge is 0.313 e. The predicted molar refractivity (Wildman–Crippen MR) is 64.7 cm³/mol. The number of carbonyl (C=O) groups excluding carboxylic acids is 1. The van der Waals surface area contributed by atoms with Gasteiger partial charge in [0.25, 0.3) is 0 Å². The third-order valence-electron chi connectivity index (χ3n) is 4.30. The van der Waals surface area contributed by atoms with Crippen LogP contribution < -0.4 is 0 Å². The molecule has 1 saturated carbocycles. The van der Waals surface area contributed by atoms with Gasteiger partial charge in [0.05, 0.1) is 5.92 Å². The van der Waals surface area contributed by atoms with Gasteiger partial charge >= 0.3 is 5.97 Å². The van der Waals surface area contributed by atoms with Gasteiger partial charge in [0.2, 0.25) is 0 Å². The first-order chi connectivity index (χ1) is 7.21. The summed E-state index contributed by atoms with van der Waals surface area (Å²) in [6.45, 7) is 11.2. The first-order valence-corrected chi connectivity index (χ1v) is 9.00. The Morgan fingerprint density at radius 3 is 2.38 bits per heavy atom. The fourth-order valence-electron chi connectivity index (χ4n) is 2.19. The van der Waals surface area contributed by atoms with Crippen LogP contribution in [0.4, 0.5) is 0 Å². The van der Waals surface area contributed by atoms with Gasteiger partial charge in [-0.1, -0.05) is 20.8 Å². The Morgan fingerprint density at radius 2 is 1.94 bits per heavy atom. The number of carbonyl (C=O) groups is 1. The molecule has 3 nitrogen and oxygen atoms in total. The molecule has 3 atom stereocenters. The van der Waals surface area contributed by atoms with E-state index in [2.05, 4.69) is 33.9 Å². The standard InChI is InChI=1S/C12H22O3Si/c1-12(2,3)16(4,5)15-8-6-9-10(7-8)14-11(9)13/h8-10H,6-7H2,1-5H3/t8-,9-,10+/m1/s1. The van der Waals surface area contributed by atoms with Crippen LogP contribution in [0, 0.1) is 5.92 Å². The molecule has 4 heteroatoms. The van der Waals surface area contributed by atoms with Crippen molar-refractivity contribution in [2.75, 3.05) is 0 Å². The summed E-state index contributed by atoms with van der Waals surface area (Å²) >= 11 is 0. The van der Waals surface area contributed by atoms with Crippen molar-refractivity contribution in [2.24, 2.45) is 5.92 Å². The summed E-state index contributed by atoms with van der Waals surface area (Å²) in [7, 11) is -1.69. The van der Waals surface area contributed by atoms with Crippen LogP contribution in [0.25, 0.3) is 0 Å². The summed E-state index contributed by atoms with van der Waals surface area (Å²) in [5.74, 6) is 0.112. The minimum atomic E-state index is -1.69. The molecule has 2 aliphatic rings. The molecule has 2 fully saturated rings. The lowest BCUT2D eigenvalue weighted by Crippen LogP contribution is -2.43. The SMILES string of the molecule is CC(C)(C)[Si](C)(C)O[C@H]1C[C@@H]2OC(=O)[C@@H]2C1. The lowest BCUT2D eigenvalue weighted by molar-refractivity contribution is -0.179. The van der Waals surface area contributed by atoms with Crippen LogP contribution in [-0.2, 0) is 14.0 Å². The van der Waals surface area contributed by atoms with Crippen molar-refractivity contribution in [1.82, 2.24) is 0 Å². The third kappa shape index (κ3) is 1.93. The molecule has 0 aromatic carbocycles. The molecular weight excluding hydrogens is 220 g/mol. The van der Waals surface area contributed by atoms with E-state index in [0.29, 0.717) is 0 Å². The van der Waals surface area contributed by atoms with E-state index in [0.717, 1.165) is 12.8 Å². The third-order valence-corrected chi connectivity index (χ3v) is 8.83.